The quantitative estimate of drug-likeness (QED) is 0.761. The van der Waals surface area contributed by atoms with Crippen LogP contribution in [0.1, 0.15) is 37.0 Å². The van der Waals surface area contributed by atoms with E-state index < -0.39 is 5.54 Å². The molecule has 1 aromatic carbocycles. The Morgan fingerprint density at radius 1 is 1.15 bits per heavy atom. The molecule has 1 aromatic rings. The number of hydrogen-bond acceptors (Lipinski definition) is 5. The number of ether oxygens (including phenoxy) is 2. The van der Waals surface area contributed by atoms with Gasteiger partial charge in [-0.25, -0.2) is 0 Å². The maximum absolute atomic E-state index is 12.8. The van der Waals surface area contributed by atoms with E-state index in [2.05, 4.69) is 5.32 Å². The summed E-state index contributed by atoms with van der Waals surface area (Å²) in [6.07, 6.45) is 1.29. The van der Waals surface area contributed by atoms with Crippen LogP contribution in [0, 0.1) is 5.92 Å². The molecule has 3 N–H and O–H groups in total. The number of amides is 2. The van der Waals surface area contributed by atoms with Crippen molar-refractivity contribution < 1.29 is 19.1 Å². The Morgan fingerprint density at radius 3 is 2.11 bits per heavy atom. The van der Waals surface area contributed by atoms with Crippen molar-refractivity contribution in [2.24, 2.45) is 11.7 Å². The van der Waals surface area contributed by atoms with E-state index in [0.29, 0.717) is 49.5 Å². The minimum absolute atomic E-state index is 0. The van der Waals surface area contributed by atoms with Crippen LogP contribution in [-0.4, -0.2) is 56.1 Å². The Balaban J connectivity index is 0.00000364. The summed E-state index contributed by atoms with van der Waals surface area (Å²) in [7, 11) is 3.10. The number of carbonyl (C=O) groups excluding carboxylic acids is 2. The number of benzene rings is 1. The SMILES string of the molecule is COc1cc(OC)cc(C(=O)N2CCC(C(=O)NCC(C)(C)N)CC2)c1.Cl. The van der Waals surface area contributed by atoms with Gasteiger partial charge in [-0.2, -0.15) is 0 Å². The van der Waals surface area contributed by atoms with Gasteiger partial charge in [0, 0.05) is 42.7 Å². The smallest absolute Gasteiger partial charge is 0.254 e. The molecular formula is C19H30ClN3O4. The molecule has 1 saturated heterocycles. The first-order chi connectivity index (χ1) is 12.2. The molecule has 8 heteroatoms. The molecule has 0 aliphatic carbocycles. The summed E-state index contributed by atoms with van der Waals surface area (Å²) in [6.45, 7) is 5.27. The van der Waals surface area contributed by atoms with Crippen molar-refractivity contribution in [2.75, 3.05) is 33.9 Å². The summed E-state index contributed by atoms with van der Waals surface area (Å²) in [5.74, 6) is 1.00. The number of methoxy groups -OCH3 is 2. The second kappa shape index (κ2) is 9.80. The standard InChI is InChI=1S/C19H29N3O4.ClH/c1-19(2,20)12-21-17(23)13-5-7-22(8-6-13)18(24)14-9-15(25-3)11-16(10-14)26-4;/h9-11,13H,5-8,12,20H2,1-4H3,(H,21,23);1H. The Hall–Kier alpha value is -1.99. The first-order valence-corrected chi connectivity index (χ1v) is 8.82. The molecule has 1 heterocycles. The van der Waals surface area contributed by atoms with Crippen molar-refractivity contribution in [2.45, 2.75) is 32.2 Å². The van der Waals surface area contributed by atoms with Crippen LogP contribution in [0.3, 0.4) is 0 Å². The van der Waals surface area contributed by atoms with Gasteiger partial charge in [0.25, 0.3) is 5.91 Å². The monoisotopic (exact) mass is 399 g/mol. The fraction of sp³-hybridized carbons (Fsp3) is 0.579. The van der Waals surface area contributed by atoms with Crippen LogP contribution in [-0.2, 0) is 4.79 Å². The molecule has 152 valence electrons. The van der Waals surface area contributed by atoms with Crippen molar-refractivity contribution in [3.8, 4) is 11.5 Å². The fourth-order valence-electron chi connectivity index (χ4n) is 2.92. The normalized spacial score (nSPS) is 14.9. The van der Waals surface area contributed by atoms with Gasteiger partial charge >= 0.3 is 0 Å². The summed E-state index contributed by atoms with van der Waals surface area (Å²) in [5.41, 5.74) is 5.99. The third-order valence-corrected chi connectivity index (χ3v) is 4.47. The summed E-state index contributed by atoms with van der Waals surface area (Å²) in [4.78, 5) is 26.8. The molecule has 0 saturated carbocycles. The van der Waals surface area contributed by atoms with E-state index in [0.717, 1.165) is 0 Å². The zero-order valence-corrected chi connectivity index (χ0v) is 17.2. The third kappa shape index (κ3) is 6.59. The Bertz CT molecular complexity index is 631. The minimum atomic E-state index is -0.433. The number of carbonyl (C=O) groups is 2. The molecule has 1 fully saturated rings. The number of likely N-dealkylation sites (tertiary alicyclic amines) is 1. The number of rotatable bonds is 6. The van der Waals surface area contributed by atoms with Gasteiger partial charge in [-0.05, 0) is 38.8 Å². The van der Waals surface area contributed by atoms with Gasteiger partial charge in [-0.15, -0.1) is 12.4 Å². The van der Waals surface area contributed by atoms with Crippen molar-refractivity contribution in [3.63, 3.8) is 0 Å². The molecule has 1 aliphatic heterocycles. The van der Waals surface area contributed by atoms with E-state index in [9.17, 15) is 9.59 Å². The number of nitrogens with two attached hydrogens (primary N) is 1. The van der Waals surface area contributed by atoms with Gasteiger partial charge in [0.2, 0.25) is 5.91 Å². The lowest BCUT2D eigenvalue weighted by Gasteiger charge is -2.32. The third-order valence-electron chi connectivity index (χ3n) is 4.47. The predicted octanol–water partition coefficient (Wildman–Crippen LogP) is 1.83. The average Bonchev–Trinajstić information content (AvgIpc) is 2.64. The maximum atomic E-state index is 12.8. The Morgan fingerprint density at radius 2 is 1.67 bits per heavy atom. The van der Waals surface area contributed by atoms with Crippen molar-refractivity contribution in [1.82, 2.24) is 10.2 Å². The number of nitrogens with zero attached hydrogens (tertiary/aromatic N) is 1. The van der Waals surface area contributed by atoms with Gasteiger partial charge < -0.3 is 25.4 Å². The molecule has 0 bridgehead atoms. The molecule has 2 amide bonds. The summed E-state index contributed by atoms with van der Waals surface area (Å²) in [6, 6.07) is 5.13. The Labute approximate surface area is 167 Å². The Kier molecular flexibility index (Phi) is 8.37. The van der Waals surface area contributed by atoms with Crippen LogP contribution in [0.5, 0.6) is 11.5 Å². The van der Waals surface area contributed by atoms with Crippen LogP contribution in [0.4, 0.5) is 0 Å². The highest BCUT2D eigenvalue weighted by molar-refractivity contribution is 5.95. The van der Waals surface area contributed by atoms with Crippen molar-refractivity contribution in [1.29, 1.82) is 0 Å². The van der Waals surface area contributed by atoms with E-state index in [1.54, 1.807) is 37.3 Å². The molecule has 0 radical (unpaired) electrons. The number of nitrogens with one attached hydrogen (secondary N) is 1. The summed E-state index contributed by atoms with van der Waals surface area (Å²) >= 11 is 0. The van der Waals surface area contributed by atoms with Gasteiger partial charge in [-0.1, -0.05) is 0 Å². The fourth-order valence-corrected chi connectivity index (χ4v) is 2.92. The number of halogens is 1. The molecule has 0 unspecified atom stereocenters. The lowest BCUT2D eigenvalue weighted by atomic mass is 9.95. The van der Waals surface area contributed by atoms with E-state index >= 15 is 0 Å². The highest BCUT2D eigenvalue weighted by Gasteiger charge is 2.28. The summed E-state index contributed by atoms with van der Waals surface area (Å²) < 4.78 is 10.4. The highest BCUT2D eigenvalue weighted by atomic mass is 35.5. The van der Waals surface area contributed by atoms with Crippen LogP contribution >= 0.6 is 12.4 Å². The summed E-state index contributed by atoms with van der Waals surface area (Å²) in [5, 5.41) is 2.90. The topological polar surface area (TPSA) is 93.9 Å². The zero-order chi connectivity index (χ0) is 19.3. The van der Waals surface area contributed by atoms with Gasteiger partial charge in [-0.3, -0.25) is 9.59 Å². The van der Waals surface area contributed by atoms with Crippen molar-refractivity contribution in [3.05, 3.63) is 23.8 Å². The van der Waals surface area contributed by atoms with E-state index in [4.69, 9.17) is 15.2 Å². The molecule has 0 spiro atoms. The van der Waals surface area contributed by atoms with Crippen molar-refractivity contribution >= 4 is 24.2 Å². The molecule has 7 nitrogen and oxygen atoms in total. The minimum Gasteiger partial charge on any atom is -0.497 e. The van der Waals surface area contributed by atoms with E-state index in [-0.39, 0.29) is 30.1 Å². The lowest BCUT2D eigenvalue weighted by Crippen LogP contribution is -2.48. The maximum Gasteiger partial charge on any atom is 0.254 e. The molecular weight excluding hydrogens is 370 g/mol. The zero-order valence-electron chi connectivity index (χ0n) is 16.4. The lowest BCUT2D eigenvalue weighted by molar-refractivity contribution is -0.126. The average molecular weight is 400 g/mol. The first-order valence-electron chi connectivity index (χ1n) is 8.82. The van der Waals surface area contributed by atoms with E-state index in [1.165, 1.54) is 0 Å². The molecule has 2 rings (SSSR count). The second-order valence-electron chi connectivity index (χ2n) is 7.37. The van der Waals surface area contributed by atoms with Crippen LogP contribution in [0.2, 0.25) is 0 Å². The first kappa shape index (κ1) is 23.0. The van der Waals surface area contributed by atoms with Gasteiger partial charge in [0.05, 0.1) is 14.2 Å². The van der Waals surface area contributed by atoms with Gasteiger partial charge in [0.15, 0.2) is 0 Å². The number of hydrogen-bond donors (Lipinski definition) is 2. The molecule has 1 aliphatic rings. The van der Waals surface area contributed by atoms with E-state index in [1.807, 2.05) is 13.8 Å². The highest BCUT2D eigenvalue weighted by Crippen LogP contribution is 2.25. The molecule has 27 heavy (non-hydrogen) atoms. The van der Waals surface area contributed by atoms with Crippen LogP contribution < -0.4 is 20.5 Å². The predicted molar refractivity (Wildman–Crippen MR) is 107 cm³/mol. The van der Waals surface area contributed by atoms with Crippen LogP contribution in [0.25, 0.3) is 0 Å². The number of piperidine rings is 1. The second-order valence-corrected chi connectivity index (χ2v) is 7.37. The van der Waals surface area contributed by atoms with Gasteiger partial charge in [0.1, 0.15) is 11.5 Å². The largest absolute Gasteiger partial charge is 0.497 e. The molecule has 0 aromatic heterocycles. The molecule has 0 atom stereocenters. The van der Waals surface area contributed by atoms with Crippen LogP contribution in [0.15, 0.2) is 18.2 Å².